The number of nitrogens with one attached hydrogen (secondary N) is 1. The Kier molecular flexibility index (Phi) is 6.60. The molecule has 0 atom stereocenters. The molecule has 150 valence electrons. The quantitative estimate of drug-likeness (QED) is 0.725. The molecule has 0 unspecified atom stereocenters. The van der Waals surface area contributed by atoms with Crippen molar-refractivity contribution in [3.05, 3.63) is 57.8 Å². The van der Waals surface area contributed by atoms with E-state index in [1.807, 2.05) is 0 Å². The second-order valence-corrected chi connectivity index (χ2v) is 9.24. The van der Waals surface area contributed by atoms with Gasteiger partial charge in [0.2, 0.25) is 10.0 Å². The molecule has 2 aromatic carbocycles. The van der Waals surface area contributed by atoms with Crippen molar-refractivity contribution in [3.8, 4) is 0 Å². The molecule has 1 aliphatic heterocycles. The summed E-state index contributed by atoms with van der Waals surface area (Å²) in [7, 11) is -3.81. The van der Waals surface area contributed by atoms with Crippen molar-refractivity contribution in [1.82, 2.24) is 4.31 Å². The molecule has 1 fully saturated rings. The molecule has 0 saturated carbocycles. The first-order valence-corrected chi connectivity index (χ1v) is 11.1. The maximum absolute atomic E-state index is 14.3. The van der Waals surface area contributed by atoms with Crippen LogP contribution in [0.25, 0.3) is 0 Å². The number of carbonyl (C=O) groups excluding carboxylic acids is 1. The largest absolute Gasteiger partial charge is 0.320 e. The van der Waals surface area contributed by atoms with Crippen LogP contribution in [0.3, 0.4) is 0 Å². The molecule has 28 heavy (non-hydrogen) atoms. The number of carbonyl (C=O) groups is 1. The summed E-state index contributed by atoms with van der Waals surface area (Å²) in [5.41, 5.74) is -0.175. The van der Waals surface area contributed by atoms with Gasteiger partial charge in [-0.25, -0.2) is 12.8 Å². The Morgan fingerprint density at radius 1 is 1.04 bits per heavy atom. The van der Waals surface area contributed by atoms with Crippen LogP contribution in [0.2, 0.25) is 10.0 Å². The van der Waals surface area contributed by atoms with Crippen LogP contribution in [0.4, 0.5) is 10.1 Å². The van der Waals surface area contributed by atoms with E-state index < -0.39 is 21.7 Å². The number of rotatable bonds is 4. The minimum Gasteiger partial charge on any atom is -0.320 e. The maximum Gasteiger partial charge on any atom is 0.258 e. The lowest BCUT2D eigenvalue weighted by Gasteiger charge is -2.20. The highest BCUT2D eigenvalue weighted by atomic mass is 35.5. The number of hydrogen-bond donors (Lipinski definition) is 1. The summed E-state index contributed by atoms with van der Waals surface area (Å²) in [5.74, 6) is -1.64. The smallest absolute Gasteiger partial charge is 0.258 e. The van der Waals surface area contributed by atoms with Gasteiger partial charge in [-0.15, -0.1) is 0 Å². The van der Waals surface area contributed by atoms with Crippen LogP contribution in [0.5, 0.6) is 0 Å². The summed E-state index contributed by atoms with van der Waals surface area (Å²) >= 11 is 12.0. The van der Waals surface area contributed by atoms with Crippen LogP contribution in [-0.4, -0.2) is 31.7 Å². The number of amides is 1. The minimum atomic E-state index is -3.81. The lowest BCUT2D eigenvalue weighted by atomic mass is 10.2. The van der Waals surface area contributed by atoms with Crippen molar-refractivity contribution in [3.63, 3.8) is 0 Å². The molecule has 1 aliphatic rings. The van der Waals surface area contributed by atoms with Gasteiger partial charge in [0.15, 0.2) is 0 Å². The molecule has 0 aromatic heterocycles. The van der Waals surface area contributed by atoms with E-state index in [-0.39, 0.29) is 26.2 Å². The summed E-state index contributed by atoms with van der Waals surface area (Å²) in [6.07, 6.45) is 3.51. The van der Waals surface area contributed by atoms with Gasteiger partial charge < -0.3 is 5.32 Å². The Bertz CT molecular complexity index is 991. The van der Waals surface area contributed by atoms with E-state index in [0.29, 0.717) is 13.1 Å². The summed E-state index contributed by atoms with van der Waals surface area (Å²) in [5, 5.41) is 2.82. The average molecular weight is 445 g/mol. The van der Waals surface area contributed by atoms with Gasteiger partial charge in [0.05, 0.1) is 26.2 Å². The number of hydrogen-bond acceptors (Lipinski definition) is 3. The van der Waals surface area contributed by atoms with Gasteiger partial charge in [0, 0.05) is 13.1 Å². The van der Waals surface area contributed by atoms with E-state index in [0.717, 1.165) is 37.8 Å². The Morgan fingerprint density at radius 3 is 2.39 bits per heavy atom. The third-order valence-corrected chi connectivity index (χ3v) is 7.30. The van der Waals surface area contributed by atoms with E-state index in [4.69, 9.17) is 23.2 Å². The van der Waals surface area contributed by atoms with Gasteiger partial charge in [0.25, 0.3) is 5.91 Å². The number of benzene rings is 2. The summed E-state index contributed by atoms with van der Waals surface area (Å²) in [6.45, 7) is 0.832. The highest BCUT2D eigenvalue weighted by molar-refractivity contribution is 7.89. The first-order valence-electron chi connectivity index (χ1n) is 8.86. The van der Waals surface area contributed by atoms with E-state index in [2.05, 4.69) is 5.32 Å². The normalized spacial score (nSPS) is 15.8. The van der Waals surface area contributed by atoms with Crippen molar-refractivity contribution >= 4 is 44.8 Å². The van der Waals surface area contributed by atoms with Crippen molar-refractivity contribution < 1.29 is 17.6 Å². The molecule has 1 N–H and O–H groups in total. The Hall–Kier alpha value is -1.67. The van der Waals surface area contributed by atoms with Gasteiger partial charge >= 0.3 is 0 Å². The molecule has 5 nitrogen and oxygen atoms in total. The van der Waals surface area contributed by atoms with Crippen LogP contribution >= 0.6 is 23.2 Å². The zero-order chi connectivity index (χ0) is 20.3. The summed E-state index contributed by atoms with van der Waals surface area (Å²) in [6, 6.07) is 7.87. The number of halogens is 3. The topological polar surface area (TPSA) is 66.5 Å². The molecule has 2 aromatic rings. The van der Waals surface area contributed by atoms with Crippen LogP contribution < -0.4 is 5.32 Å². The molecule has 1 saturated heterocycles. The number of nitrogens with zero attached hydrogens (tertiary/aromatic N) is 1. The monoisotopic (exact) mass is 444 g/mol. The third-order valence-electron chi connectivity index (χ3n) is 4.59. The standard InChI is InChI=1S/C19H19Cl2FN2O3S/c20-15-6-5-7-17(18(15)21)23-19(25)14-12-13(8-9-16(14)22)28(26,27)24-10-3-1-2-4-11-24/h5-9,12H,1-4,10-11H2,(H,23,25). The molecule has 1 amide bonds. The first-order chi connectivity index (χ1) is 13.3. The predicted molar refractivity (Wildman–Crippen MR) is 108 cm³/mol. The SMILES string of the molecule is O=C(Nc1cccc(Cl)c1Cl)c1cc(S(=O)(=O)N2CCCCCC2)ccc1F. The van der Waals surface area contributed by atoms with E-state index in [1.54, 1.807) is 12.1 Å². The summed E-state index contributed by atoms with van der Waals surface area (Å²) in [4.78, 5) is 12.4. The predicted octanol–water partition coefficient (Wildman–Crippen LogP) is 4.95. The second kappa shape index (κ2) is 8.78. The van der Waals surface area contributed by atoms with Crippen LogP contribution in [0.1, 0.15) is 36.0 Å². The lowest BCUT2D eigenvalue weighted by Crippen LogP contribution is -2.32. The Balaban J connectivity index is 1.90. The second-order valence-electron chi connectivity index (χ2n) is 6.52. The molecule has 3 rings (SSSR count). The van der Waals surface area contributed by atoms with Crippen molar-refractivity contribution in [1.29, 1.82) is 0 Å². The van der Waals surface area contributed by atoms with Gasteiger partial charge in [-0.05, 0) is 43.2 Å². The van der Waals surface area contributed by atoms with Crippen molar-refractivity contribution in [2.45, 2.75) is 30.6 Å². The molecule has 1 heterocycles. The molecule has 0 spiro atoms. The van der Waals surface area contributed by atoms with Crippen LogP contribution in [0, 0.1) is 5.82 Å². The zero-order valence-corrected chi connectivity index (χ0v) is 17.2. The Morgan fingerprint density at radius 2 is 1.71 bits per heavy atom. The average Bonchev–Trinajstić information content (AvgIpc) is 2.95. The zero-order valence-electron chi connectivity index (χ0n) is 14.9. The van der Waals surface area contributed by atoms with E-state index >= 15 is 0 Å². The Labute approximate surface area is 173 Å². The fraction of sp³-hybridized carbons (Fsp3) is 0.316. The minimum absolute atomic E-state index is 0.113. The fourth-order valence-corrected chi connectivity index (χ4v) is 4.95. The highest BCUT2D eigenvalue weighted by Gasteiger charge is 2.27. The molecule has 0 radical (unpaired) electrons. The number of sulfonamides is 1. The van der Waals surface area contributed by atoms with Gasteiger partial charge in [0.1, 0.15) is 5.82 Å². The van der Waals surface area contributed by atoms with Crippen LogP contribution in [0.15, 0.2) is 41.3 Å². The molecular weight excluding hydrogens is 426 g/mol. The van der Waals surface area contributed by atoms with Gasteiger partial charge in [-0.2, -0.15) is 4.31 Å². The van der Waals surface area contributed by atoms with Gasteiger partial charge in [-0.3, -0.25) is 4.79 Å². The molecule has 9 heteroatoms. The maximum atomic E-state index is 14.3. The number of anilines is 1. The van der Waals surface area contributed by atoms with Crippen LogP contribution in [-0.2, 0) is 10.0 Å². The van der Waals surface area contributed by atoms with Gasteiger partial charge in [-0.1, -0.05) is 42.1 Å². The first kappa shape index (κ1) is 21.0. The molecular formula is C19H19Cl2FN2O3S. The lowest BCUT2D eigenvalue weighted by molar-refractivity contribution is 0.102. The van der Waals surface area contributed by atoms with E-state index in [1.165, 1.54) is 16.4 Å². The molecule has 0 aliphatic carbocycles. The summed E-state index contributed by atoms with van der Waals surface area (Å²) < 4.78 is 41.5. The van der Waals surface area contributed by atoms with Crippen molar-refractivity contribution in [2.75, 3.05) is 18.4 Å². The highest BCUT2D eigenvalue weighted by Crippen LogP contribution is 2.30. The van der Waals surface area contributed by atoms with Crippen molar-refractivity contribution in [2.24, 2.45) is 0 Å². The van der Waals surface area contributed by atoms with E-state index in [9.17, 15) is 17.6 Å². The third kappa shape index (κ3) is 4.49. The molecule has 0 bridgehead atoms. The fourth-order valence-electron chi connectivity index (χ4n) is 3.06.